The van der Waals surface area contributed by atoms with Gasteiger partial charge in [-0.25, -0.2) is 4.98 Å². The molecule has 0 amide bonds. The highest BCUT2D eigenvalue weighted by Crippen LogP contribution is 2.30. The van der Waals surface area contributed by atoms with Crippen LogP contribution in [0.5, 0.6) is 11.5 Å². The third-order valence-electron chi connectivity index (χ3n) is 6.08. The molecule has 0 spiro atoms. The monoisotopic (exact) mass is 503 g/mol. The molecular weight excluding hydrogens is 474 g/mol. The van der Waals surface area contributed by atoms with E-state index in [1.807, 2.05) is 43.3 Å². The lowest BCUT2D eigenvalue weighted by Gasteiger charge is -2.33. The molecule has 1 fully saturated rings. The molecule has 1 atom stereocenters. The number of hydrogen-bond donors (Lipinski definition) is 2. The number of oxazole rings is 1. The molecule has 5 rings (SSSR count). The van der Waals surface area contributed by atoms with Gasteiger partial charge in [-0.05, 0) is 56.0 Å². The van der Waals surface area contributed by atoms with Crippen molar-refractivity contribution in [2.75, 3.05) is 29.9 Å². The highest BCUT2D eigenvalue weighted by atomic mass is 16.5. The lowest BCUT2D eigenvalue weighted by Crippen LogP contribution is -2.41. The standard InChI is InChI=1S/C27H29N5O5/c1-2-35-22-7-3-4-8-23(22)36-19-6-5-13-32(17-19)25-16-28-15-24(30-25)31-27-29-20-14-18(10-12-26(33)34)9-11-21(20)37-27/h3-4,7-9,11,14-16,19H,2,5-6,10,12-13,17H2,1H3,(H,33,34)(H,29,30,31)/t19-/m1/s1. The second-order valence-electron chi connectivity index (χ2n) is 8.81. The Hall–Kier alpha value is -4.34. The summed E-state index contributed by atoms with van der Waals surface area (Å²) in [6.45, 7) is 4.08. The number of benzene rings is 2. The number of fused-ring (bicyclic) bond motifs is 1. The summed E-state index contributed by atoms with van der Waals surface area (Å²) in [5, 5.41) is 12.0. The van der Waals surface area contributed by atoms with E-state index in [-0.39, 0.29) is 12.5 Å². The molecule has 1 aliphatic rings. The summed E-state index contributed by atoms with van der Waals surface area (Å²) in [5.74, 6) is 1.92. The van der Waals surface area contributed by atoms with E-state index in [2.05, 4.69) is 20.2 Å². The van der Waals surface area contributed by atoms with Crippen LogP contribution in [0.2, 0.25) is 0 Å². The van der Waals surface area contributed by atoms with Gasteiger partial charge in [0.25, 0.3) is 0 Å². The molecule has 10 heteroatoms. The minimum atomic E-state index is -0.831. The zero-order chi connectivity index (χ0) is 25.6. The maximum atomic E-state index is 10.9. The Bertz CT molecular complexity index is 1370. The van der Waals surface area contributed by atoms with Crippen molar-refractivity contribution in [2.24, 2.45) is 0 Å². The molecule has 1 aliphatic heterocycles. The minimum absolute atomic E-state index is 0.00105. The summed E-state index contributed by atoms with van der Waals surface area (Å²) < 4.78 is 17.8. The fourth-order valence-corrected chi connectivity index (χ4v) is 4.36. The number of aryl methyl sites for hydroxylation is 1. The number of carboxylic acids is 1. The molecule has 10 nitrogen and oxygen atoms in total. The number of anilines is 3. The van der Waals surface area contributed by atoms with Crippen LogP contribution in [0, 0.1) is 0 Å². The van der Waals surface area contributed by atoms with Crippen LogP contribution in [0.4, 0.5) is 17.7 Å². The molecule has 37 heavy (non-hydrogen) atoms. The van der Waals surface area contributed by atoms with E-state index in [0.717, 1.165) is 42.3 Å². The van der Waals surface area contributed by atoms with Gasteiger partial charge < -0.3 is 23.9 Å². The molecular formula is C27H29N5O5. The molecule has 0 saturated carbocycles. The Labute approximate surface area is 214 Å². The summed E-state index contributed by atoms with van der Waals surface area (Å²) in [4.78, 5) is 26.6. The van der Waals surface area contributed by atoms with E-state index in [1.165, 1.54) is 0 Å². The first-order valence-electron chi connectivity index (χ1n) is 12.4. The normalized spacial score (nSPS) is 15.5. The predicted molar refractivity (Wildman–Crippen MR) is 139 cm³/mol. The van der Waals surface area contributed by atoms with Crippen LogP contribution in [0.1, 0.15) is 31.7 Å². The Morgan fingerprint density at radius 1 is 1.19 bits per heavy atom. The summed E-state index contributed by atoms with van der Waals surface area (Å²) in [7, 11) is 0. The van der Waals surface area contributed by atoms with Crippen molar-refractivity contribution in [1.29, 1.82) is 0 Å². The molecule has 192 valence electrons. The highest BCUT2D eigenvalue weighted by molar-refractivity contribution is 5.76. The summed E-state index contributed by atoms with van der Waals surface area (Å²) in [6, 6.07) is 13.5. The lowest BCUT2D eigenvalue weighted by atomic mass is 10.1. The zero-order valence-electron chi connectivity index (χ0n) is 20.6. The third kappa shape index (κ3) is 6.08. The average Bonchev–Trinajstić information content (AvgIpc) is 3.30. The Kier molecular flexibility index (Phi) is 7.34. The van der Waals surface area contributed by atoms with Gasteiger partial charge >= 0.3 is 12.0 Å². The van der Waals surface area contributed by atoms with E-state index in [9.17, 15) is 4.79 Å². The van der Waals surface area contributed by atoms with Crippen molar-refractivity contribution in [3.8, 4) is 11.5 Å². The largest absolute Gasteiger partial charge is 0.490 e. The third-order valence-corrected chi connectivity index (χ3v) is 6.08. The maximum absolute atomic E-state index is 10.9. The second kappa shape index (κ2) is 11.2. The van der Waals surface area contributed by atoms with Gasteiger partial charge in [-0.1, -0.05) is 18.2 Å². The van der Waals surface area contributed by atoms with Crippen LogP contribution in [0.25, 0.3) is 11.1 Å². The predicted octanol–water partition coefficient (Wildman–Crippen LogP) is 4.83. The quantitative estimate of drug-likeness (QED) is 0.311. The number of piperidine rings is 1. The summed E-state index contributed by atoms with van der Waals surface area (Å²) >= 11 is 0. The Morgan fingerprint density at radius 2 is 2.05 bits per heavy atom. The summed E-state index contributed by atoms with van der Waals surface area (Å²) in [5.41, 5.74) is 2.15. The number of para-hydroxylation sites is 2. The average molecular weight is 504 g/mol. The van der Waals surface area contributed by atoms with Gasteiger partial charge in [0.15, 0.2) is 22.9 Å². The molecule has 2 aromatic heterocycles. The maximum Gasteiger partial charge on any atom is 0.303 e. The highest BCUT2D eigenvalue weighted by Gasteiger charge is 2.24. The smallest absolute Gasteiger partial charge is 0.303 e. The fraction of sp³-hybridized carbons (Fsp3) is 0.333. The number of aliphatic carboxylic acids is 1. The van der Waals surface area contributed by atoms with E-state index < -0.39 is 5.97 Å². The molecule has 2 aromatic carbocycles. The minimum Gasteiger partial charge on any atom is -0.490 e. The van der Waals surface area contributed by atoms with Gasteiger partial charge in [-0.15, -0.1) is 0 Å². The SMILES string of the molecule is CCOc1ccccc1O[C@@H]1CCCN(c2cncc(Nc3nc4cc(CCC(=O)O)ccc4o3)n2)C1. The molecule has 3 heterocycles. The van der Waals surface area contributed by atoms with Crippen LogP contribution in [-0.4, -0.2) is 51.8 Å². The lowest BCUT2D eigenvalue weighted by molar-refractivity contribution is -0.136. The number of hydrogen-bond acceptors (Lipinski definition) is 9. The molecule has 0 aliphatic carbocycles. The number of nitrogens with one attached hydrogen (secondary N) is 1. The zero-order valence-corrected chi connectivity index (χ0v) is 20.6. The van der Waals surface area contributed by atoms with Crippen LogP contribution in [-0.2, 0) is 11.2 Å². The molecule has 0 bridgehead atoms. The van der Waals surface area contributed by atoms with Gasteiger partial charge in [-0.2, -0.15) is 4.98 Å². The van der Waals surface area contributed by atoms with Gasteiger partial charge in [0, 0.05) is 13.0 Å². The van der Waals surface area contributed by atoms with Crippen LogP contribution >= 0.6 is 0 Å². The fourth-order valence-electron chi connectivity index (χ4n) is 4.36. The Balaban J connectivity index is 1.26. The first-order chi connectivity index (χ1) is 18.1. The second-order valence-corrected chi connectivity index (χ2v) is 8.81. The van der Waals surface area contributed by atoms with E-state index >= 15 is 0 Å². The number of carboxylic acid groups (broad SMARTS) is 1. The van der Waals surface area contributed by atoms with Crippen LogP contribution in [0.3, 0.4) is 0 Å². The van der Waals surface area contributed by atoms with Crippen molar-refractivity contribution in [1.82, 2.24) is 15.0 Å². The van der Waals surface area contributed by atoms with Crippen molar-refractivity contribution < 1.29 is 23.8 Å². The van der Waals surface area contributed by atoms with Gasteiger partial charge in [0.2, 0.25) is 0 Å². The molecule has 1 saturated heterocycles. The summed E-state index contributed by atoms with van der Waals surface area (Å²) in [6.07, 6.45) is 5.77. The van der Waals surface area contributed by atoms with Crippen LogP contribution in [0.15, 0.2) is 59.3 Å². The molecule has 0 radical (unpaired) electrons. The van der Waals surface area contributed by atoms with Crippen molar-refractivity contribution in [3.63, 3.8) is 0 Å². The van der Waals surface area contributed by atoms with Crippen molar-refractivity contribution >= 4 is 34.7 Å². The Morgan fingerprint density at radius 3 is 2.89 bits per heavy atom. The van der Waals surface area contributed by atoms with E-state index in [0.29, 0.717) is 42.5 Å². The van der Waals surface area contributed by atoms with E-state index in [4.69, 9.17) is 24.0 Å². The number of aromatic nitrogens is 3. The van der Waals surface area contributed by atoms with Crippen LogP contribution < -0.4 is 19.7 Å². The van der Waals surface area contributed by atoms with Gasteiger partial charge in [0.1, 0.15) is 17.4 Å². The molecule has 4 aromatic rings. The molecule has 2 N–H and O–H groups in total. The van der Waals surface area contributed by atoms with E-state index in [1.54, 1.807) is 18.5 Å². The molecule has 0 unspecified atom stereocenters. The topological polar surface area (TPSA) is 123 Å². The number of nitrogens with zero attached hydrogens (tertiary/aromatic N) is 4. The number of rotatable bonds is 10. The van der Waals surface area contributed by atoms with Crippen molar-refractivity contribution in [2.45, 2.75) is 38.7 Å². The first kappa shape index (κ1) is 24.4. The van der Waals surface area contributed by atoms with Crippen molar-refractivity contribution in [3.05, 3.63) is 60.4 Å². The first-order valence-corrected chi connectivity index (χ1v) is 12.4. The number of carbonyl (C=O) groups is 1. The van der Waals surface area contributed by atoms with Gasteiger partial charge in [-0.3, -0.25) is 15.1 Å². The number of ether oxygens (including phenoxy) is 2. The van der Waals surface area contributed by atoms with Gasteiger partial charge in [0.05, 0.1) is 25.5 Å².